The summed E-state index contributed by atoms with van der Waals surface area (Å²) in [5.41, 5.74) is 3.33. The summed E-state index contributed by atoms with van der Waals surface area (Å²) in [5.74, 6) is -0.204. The number of carbonyl (C=O) groups is 1. The van der Waals surface area contributed by atoms with Crippen molar-refractivity contribution in [3.05, 3.63) is 50.8 Å². The highest BCUT2D eigenvalue weighted by atomic mass is 16.6. The average Bonchev–Trinajstić information content (AvgIpc) is 2.78. The normalized spacial score (nSPS) is 12.0. The van der Waals surface area contributed by atoms with Gasteiger partial charge in [-0.2, -0.15) is 5.10 Å². The smallest absolute Gasteiger partial charge is 0.293 e. The lowest BCUT2D eigenvalue weighted by Crippen LogP contribution is -2.10. The summed E-state index contributed by atoms with van der Waals surface area (Å²) in [4.78, 5) is 22.1. The van der Waals surface area contributed by atoms with Gasteiger partial charge in [-0.25, -0.2) is 0 Å². The molecule has 1 atom stereocenters. The maximum absolute atomic E-state index is 11.4. The molecular weight excluding hydrogens is 284 g/mol. The third-order valence-electron chi connectivity index (χ3n) is 3.59. The Morgan fingerprint density at radius 3 is 2.59 bits per heavy atom. The number of Topliss-reactive ketones (excluding diaryl/α,β-unsaturated/α-hetero) is 1. The fourth-order valence-electron chi connectivity index (χ4n) is 2.53. The lowest BCUT2D eigenvalue weighted by Gasteiger charge is -2.16. The molecule has 0 fully saturated rings. The highest BCUT2D eigenvalue weighted by Gasteiger charge is 2.20. The van der Waals surface area contributed by atoms with E-state index in [1.54, 1.807) is 12.1 Å². The number of nitro benzene ring substituents is 1. The number of nitrogens with zero attached hydrogens (tertiary/aromatic N) is 2. The molecular formula is C15H18N4O3. The van der Waals surface area contributed by atoms with Crippen LogP contribution in [-0.2, 0) is 0 Å². The van der Waals surface area contributed by atoms with Crippen LogP contribution in [0.3, 0.4) is 0 Å². The van der Waals surface area contributed by atoms with Crippen LogP contribution < -0.4 is 5.32 Å². The van der Waals surface area contributed by atoms with Crippen LogP contribution in [0.5, 0.6) is 0 Å². The summed E-state index contributed by atoms with van der Waals surface area (Å²) in [6.07, 6.45) is 0. The summed E-state index contributed by atoms with van der Waals surface area (Å²) in [6.45, 7) is 7.07. The Balaban J connectivity index is 2.37. The third kappa shape index (κ3) is 2.98. The van der Waals surface area contributed by atoms with Crippen molar-refractivity contribution in [3.8, 4) is 0 Å². The molecule has 1 heterocycles. The van der Waals surface area contributed by atoms with Gasteiger partial charge in [0.25, 0.3) is 5.69 Å². The van der Waals surface area contributed by atoms with Gasteiger partial charge in [0, 0.05) is 22.9 Å². The van der Waals surface area contributed by atoms with Gasteiger partial charge in [0.1, 0.15) is 5.69 Å². The predicted molar refractivity (Wildman–Crippen MR) is 83.2 cm³/mol. The minimum Gasteiger partial charge on any atom is -0.373 e. The Kier molecular flexibility index (Phi) is 4.25. The first kappa shape index (κ1) is 15.7. The van der Waals surface area contributed by atoms with E-state index in [1.807, 2.05) is 20.8 Å². The molecule has 2 aromatic rings. The number of ketones is 1. The maximum atomic E-state index is 11.4. The molecule has 0 aliphatic carbocycles. The zero-order valence-electron chi connectivity index (χ0n) is 12.9. The van der Waals surface area contributed by atoms with E-state index in [-0.39, 0.29) is 17.5 Å². The Morgan fingerprint density at radius 1 is 1.41 bits per heavy atom. The van der Waals surface area contributed by atoms with Crippen molar-refractivity contribution in [1.82, 2.24) is 10.2 Å². The minimum atomic E-state index is -0.490. The quantitative estimate of drug-likeness (QED) is 0.501. The highest BCUT2D eigenvalue weighted by molar-refractivity contribution is 5.95. The van der Waals surface area contributed by atoms with Crippen LogP contribution in [0.2, 0.25) is 0 Å². The van der Waals surface area contributed by atoms with Crippen molar-refractivity contribution in [2.75, 3.05) is 5.32 Å². The molecule has 0 aliphatic rings. The van der Waals surface area contributed by atoms with E-state index in [9.17, 15) is 14.9 Å². The van der Waals surface area contributed by atoms with E-state index in [0.717, 1.165) is 17.0 Å². The third-order valence-corrected chi connectivity index (χ3v) is 3.59. The molecule has 0 saturated carbocycles. The van der Waals surface area contributed by atoms with Gasteiger partial charge in [0.05, 0.1) is 16.7 Å². The van der Waals surface area contributed by atoms with Crippen molar-refractivity contribution >= 4 is 17.2 Å². The molecule has 1 unspecified atom stereocenters. The number of hydrogen-bond acceptors (Lipinski definition) is 5. The number of aromatic amines is 1. The van der Waals surface area contributed by atoms with Gasteiger partial charge in [-0.1, -0.05) is 0 Å². The number of nitrogens with one attached hydrogen (secondary N) is 2. The molecule has 7 heteroatoms. The van der Waals surface area contributed by atoms with E-state index in [1.165, 1.54) is 13.0 Å². The van der Waals surface area contributed by atoms with Crippen LogP contribution in [0.4, 0.5) is 11.4 Å². The molecule has 22 heavy (non-hydrogen) atoms. The topological polar surface area (TPSA) is 101 Å². The van der Waals surface area contributed by atoms with Crippen LogP contribution in [0.15, 0.2) is 18.2 Å². The first-order chi connectivity index (χ1) is 10.3. The molecule has 0 bridgehead atoms. The molecule has 0 saturated heterocycles. The zero-order valence-corrected chi connectivity index (χ0v) is 12.9. The van der Waals surface area contributed by atoms with Crippen molar-refractivity contribution in [2.24, 2.45) is 0 Å². The lowest BCUT2D eigenvalue weighted by atomic mass is 10.1. The SMILES string of the molecule is CC(=O)c1ccc(NC(C)c2c(C)n[nH]c2C)c([N+](=O)[O-])c1. The first-order valence-electron chi connectivity index (χ1n) is 6.88. The molecule has 0 aliphatic heterocycles. The molecule has 0 spiro atoms. The number of anilines is 1. The molecule has 1 aromatic heterocycles. The molecule has 2 rings (SSSR count). The number of nitro groups is 1. The monoisotopic (exact) mass is 302 g/mol. The average molecular weight is 302 g/mol. The molecule has 116 valence electrons. The Labute approximate surface area is 127 Å². The van der Waals surface area contributed by atoms with Gasteiger partial charge >= 0.3 is 0 Å². The number of hydrogen-bond donors (Lipinski definition) is 2. The van der Waals surface area contributed by atoms with Crippen LogP contribution in [0.1, 0.15) is 47.2 Å². The number of H-pyrrole nitrogens is 1. The minimum absolute atomic E-state index is 0.113. The van der Waals surface area contributed by atoms with Gasteiger partial charge in [-0.05, 0) is 39.8 Å². The van der Waals surface area contributed by atoms with Crippen LogP contribution in [-0.4, -0.2) is 20.9 Å². The van der Waals surface area contributed by atoms with Gasteiger partial charge < -0.3 is 5.32 Å². The number of aromatic nitrogens is 2. The van der Waals surface area contributed by atoms with Crippen molar-refractivity contribution < 1.29 is 9.72 Å². The summed E-state index contributed by atoms with van der Waals surface area (Å²) in [5, 5.41) is 21.4. The second-order valence-electron chi connectivity index (χ2n) is 5.26. The first-order valence-corrected chi connectivity index (χ1v) is 6.88. The van der Waals surface area contributed by atoms with Crippen molar-refractivity contribution in [1.29, 1.82) is 0 Å². The number of benzene rings is 1. The zero-order chi connectivity index (χ0) is 16.4. The summed E-state index contributed by atoms with van der Waals surface area (Å²) < 4.78 is 0. The molecule has 0 radical (unpaired) electrons. The van der Waals surface area contributed by atoms with Gasteiger partial charge in [0.2, 0.25) is 0 Å². The van der Waals surface area contributed by atoms with Crippen molar-refractivity contribution in [3.63, 3.8) is 0 Å². The van der Waals surface area contributed by atoms with Gasteiger partial charge in [0.15, 0.2) is 5.78 Å². The number of rotatable bonds is 5. The molecule has 2 N–H and O–H groups in total. The fraction of sp³-hybridized carbons (Fsp3) is 0.333. The fourth-order valence-corrected chi connectivity index (χ4v) is 2.53. The second-order valence-corrected chi connectivity index (χ2v) is 5.26. The summed E-state index contributed by atoms with van der Waals surface area (Å²) in [7, 11) is 0. The Hall–Kier alpha value is -2.70. The van der Waals surface area contributed by atoms with E-state index in [0.29, 0.717) is 11.3 Å². The predicted octanol–water partition coefficient (Wildman–Crippen LogP) is 3.31. The van der Waals surface area contributed by atoms with E-state index < -0.39 is 4.92 Å². The lowest BCUT2D eigenvalue weighted by molar-refractivity contribution is -0.384. The number of carbonyl (C=O) groups excluding carboxylic acids is 1. The van der Waals surface area contributed by atoms with E-state index in [2.05, 4.69) is 15.5 Å². The second kappa shape index (κ2) is 5.97. The van der Waals surface area contributed by atoms with E-state index >= 15 is 0 Å². The van der Waals surface area contributed by atoms with Crippen LogP contribution in [0.25, 0.3) is 0 Å². The van der Waals surface area contributed by atoms with E-state index in [4.69, 9.17) is 0 Å². The largest absolute Gasteiger partial charge is 0.373 e. The van der Waals surface area contributed by atoms with Gasteiger partial charge in [-0.15, -0.1) is 0 Å². The Morgan fingerprint density at radius 2 is 2.09 bits per heavy atom. The van der Waals surface area contributed by atoms with Gasteiger partial charge in [-0.3, -0.25) is 20.0 Å². The van der Waals surface area contributed by atoms with Crippen molar-refractivity contribution in [2.45, 2.75) is 33.7 Å². The number of aryl methyl sites for hydroxylation is 2. The van der Waals surface area contributed by atoms with Crippen LogP contribution >= 0.6 is 0 Å². The Bertz CT molecular complexity index is 717. The highest BCUT2D eigenvalue weighted by Crippen LogP contribution is 2.30. The molecule has 0 amide bonds. The summed E-state index contributed by atoms with van der Waals surface area (Å²) in [6, 6.07) is 4.29. The summed E-state index contributed by atoms with van der Waals surface area (Å²) >= 11 is 0. The van der Waals surface area contributed by atoms with Crippen LogP contribution in [0, 0.1) is 24.0 Å². The standard InChI is InChI=1S/C15H18N4O3/c1-8(15-9(2)17-18-10(15)3)16-13-6-5-12(11(4)20)7-14(13)19(21)22/h5-8,16H,1-4H3,(H,17,18). The molecule has 7 nitrogen and oxygen atoms in total. The maximum Gasteiger partial charge on any atom is 0.293 e. The molecule has 1 aromatic carbocycles.